The van der Waals surface area contributed by atoms with Crippen LogP contribution < -0.4 is 4.90 Å². The zero-order valence-electron chi connectivity index (χ0n) is 19.7. The molecule has 0 atom stereocenters. The van der Waals surface area contributed by atoms with Crippen molar-refractivity contribution in [3.8, 4) is 0 Å². The molecule has 2 N–H and O–H groups in total. The van der Waals surface area contributed by atoms with Gasteiger partial charge >= 0.3 is 0 Å². The SMILES string of the molecule is CC.CC1=CCC=C(/C(C)=C2\CN(c3ncc(C(C)C)cn3)CCC2=N)c2cc[nH]c21. The largest absolute Gasteiger partial charge is 0.361 e. The summed E-state index contributed by atoms with van der Waals surface area (Å²) in [5, 5.41) is 8.61. The monoisotopic (exact) mass is 417 g/mol. The van der Waals surface area contributed by atoms with Crippen LogP contribution in [-0.4, -0.2) is 33.8 Å². The Morgan fingerprint density at radius 2 is 1.87 bits per heavy atom. The Hall–Kier alpha value is -2.95. The van der Waals surface area contributed by atoms with E-state index in [4.69, 9.17) is 5.41 Å². The van der Waals surface area contributed by atoms with E-state index in [-0.39, 0.29) is 0 Å². The first-order valence-corrected chi connectivity index (χ1v) is 11.4. The molecule has 0 radical (unpaired) electrons. The second kappa shape index (κ2) is 9.90. The third kappa shape index (κ3) is 4.71. The van der Waals surface area contributed by atoms with Crippen molar-refractivity contribution < 1.29 is 0 Å². The Balaban J connectivity index is 0.00000132. The number of hydrogen-bond donors (Lipinski definition) is 2. The Bertz CT molecular complexity index is 1020. The van der Waals surface area contributed by atoms with Crippen molar-refractivity contribution >= 4 is 22.8 Å². The lowest BCUT2D eigenvalue weighted by molar-refractivity contribution is 0.772. The van der Waals surface area contributed by atoms with Gasteiger partial charge in [0, 0.05) is 55.1 Å². The molecule has 31 heavy (non-hydrogen) atoms. The van der Waals surface area contributed by atoms with E-state index in [1.54, 1.807) is 0 Å². The molecule has 0 spiro atoms. The van der Waals surface area contributed by atoms with E-state index < -0.39 is 0 Å². The van der Waals surface area contributed by atoms with Crippen LogP contribution in [0.4, 0.5) is 5.95 Å². The maximum atomic E-state index is 8.61. The van der Waals surface area contributed by atoms with Gasteiger partial charge < -0.3 is 15.3 Å². The van der Waals surface area contributed by atoms with E-state index in [2.05, 4.69) is 65.8 Å². The molecule has 4 rings (SSSR count). The molecule has 0 saturated carbocycles. The number of rotatable bonds is 3. The molecule has 0 amide bonds. The van der Waals surface area contributed by atoms with Crippen molar-refractivity contribution in [3.63, 3.8) is 0 Å². The van der Waals surface area contributed by atoms with Crippen molar-refractivity contribution in [2.75, 3.05) is 18.0 Å². The standard InChI is InChI=1S/C24H29N5.C2H6/c1-15(2)18-12-27-24(28-13-18)29-11-9-22(25)21(14-29)17(4)19-7-5-6-16(3)23-20(19)8-10-26-23;1-2/h6-8,10,12-13,15,25-26H,5,9,11,14H2,1-4H3;1-2H3/b21-17+,25-22?;. The smallest absolute Gasteiger partial charge is 0.225 e. The molecule has 1 aliphatic carbocycles. The quantitative estimate of drug-likeness (QED) is 0.608. The zero-order chi connectivity index (χ0) is 22.5. The molecule has 1 aliphatic heterocycles. The van der Waals surface area contributed by atoms with Gasteiger partial charge in [0.1, 0.15) is 0 Å². The molecular formula is C26H35N5. The average Bonchev–Trinajstić information content (AvgIpc) is 3.22. The van der Waals surface area contributed by atoms with Crippen LogP contribution in [0.15, 0.2) is 48.0 Å². The summed E-state index contributed by atoms with van der Waals surface area (Å²) in [5.74, 6) is 1.17. The highest BCUT2D eigenvalue weighted by molar-refractivity contribution is 6.04. The number of allylic oxidation sites excluding steroid dienone is 5. The average molecular weight is 418 g/mol. The van der Waals surface area contributed by atoms with Gasteiger partial charge in [-0.2, -0.15) is 0 Å². The molecule has 2 aromatic rings. The van der Waals surface area contributed by atoms with Crippen LogP contribution in [0.5, 0.6) is 0 Å². The number of piperidine rings is 1. The second-order valence-corrected chi connectivity index (χ2v) is 8.23. The molecule has 0 unspecified atom stereocenters. The number of H-pyrrole nitrogens is 1. The van der Waals surface area contributed by atoms with Crippen LogP contribution >= 0.6 is 0 Å². The van der Waals surface area contributed by atoms with Gasteiger partial charge in [-0.15, -0.1) is 0 Å². The van der Waals surface area contributed by atoms with Crippen molar-refractivity contribution in [1.29, 1.82) is 5.41 Å². The van der Waals surface area contributed by atoms with Gasteiger partial charge in [-0.1, -0.05) is 39.8 Å². The van der Waals surface area contributed by atoms with E-state index in [9.17, 15) is 0 Å². The maximum Gasteiger partial charge on any atom is 0.225 e. The van der Waals surface area contributed by atoms with E-state index >= 15 is 0 Å². The van der Waals surface area contributed by atoms with Gasteiger partial charge in [0.15, 0.2) is 0 Å². The van der Waals surface area contributed by atoms with Crippen LogP contribution in [0.25, 0.3) is 11.1 Å². The summed E-state index contributed by atoms with van der Waals surface area (Å²) in [6.07, 6.45) is 12.0. The third-order valence-corrected chi connectivity index (χ3v) is 5.99. The van der Waals surface area contributed by atoms with Gasteiger partial charge in [-0.3, -0.25) is 0 Å². The Morgan fingerprint density at radius 1 is 1.16 bits per heavy atom. The van der Waals surface area contributed by atoms with Crippen LogP contribution in [-0.2, 0) is 0 Å². The van der Waals surface area contributed by atoms with Crippen molar-refractivity contribution in [2.24, 2.45) is 0 Å². The highest BCUT2D eigenvalue weighted by Crippen LogP contribution is 2.35. The van der Waals surface area contributed by atoms with Crippen molar-refractivity contribution in [1.82, 2.24) is 15.0 Å². The summed E-state index contributed by atoms with van der Waals surface area (Å²) >= 11 is 0. The Labute approximate surface area is 186 Å². The topological polar surface area (TPSA) is 68.7 Å². The van der Waals surface area contributed by atoms with Gasteiger partial charge in [-0.05, 0) is 60.1 Å². The number of hydrogen-bond acceptors (Lipinski definition) is 4. The molecule has 3 heterocycles. The van der Waals surface area contributed by atoms with Gasteiger partial charge in [0.2, 0.25) is 5.95 Å². The number of nitrogens with zero attached hydrogens (tertiary/aromatic N) is 3. The predicted octanol–water partition coefficient (Wildman–Crippen LogP) is 6.39. The molecule has 5 nitrogen and oxygen atoms in total. The first kappa shape index (κ1) is 22.7. The van der Waals surface area contributed by atoms with Crippen LogP contribution in [0, 0.1) is 5.41 Å². The van der Waals surface area contributed by atoms with E-state index in [1.165, 1.54) is 28.0 Å². The zero-order valence-corrected chi connectivity index (χ0v) is 19.7. The number of anilines is 1. The number of aromatic amines is 1. The van der Waals surface area contributed by atoms with Gasteiger partial charge in [-0.25, -0.2) is 9.97 Å². The lowest BCUT2D eigenvalue weighted by atomic mass is 9.89. The van der Waals surface area contributed by atoms with E-state index in [1.807, 2.05) is 32.4 Å². The summed E-state index contributed by atoms with van der Waals surface area (Å²) in [6.45, 7) is 14.1. The maximum absolute atomic E-state index is 8.61. The first-order valence-electron chi connectivity index (χ1n) is 11.4. The van der Waals surface area contributed by atoms with Crippen molar-refractivity contribution in [3.05, 3.63) is 64.8 Å². The molecule has 0 aromatic carbocycles. The molecule has 2 aliphatic rings. The highest BCUT2D eigenvalue weighted by atomic mass is 15.2. The highest BCUT2D eigenvalue weighted by Gasteiger charge is 2.25. The molecule has 0 bridgehead atoms. The fraction of sp³-hybridized carbons (Fsp3) is 0.423. The van der Waals surface area contributed by atoms with Crippen LogP contribution in [0.2, 0.25) is 0 Å². The number of fused-ring (bicyclic) bond motifs is 1. The van der Waals surface area contributed by atoms with E-state index in [0.717, 1.165) is 35.8 Å². The Morgan fingerprint density at radius 3 is 2.55 bits per heavy atom. The van der Waals surface area contributed by atoms with Crippen LogP contribution in [0.3, 0.4) is 0 Å². The molecule has 2 aromatic heterocycles. The number of aromatic nitrogens is 3. The minimum Gasteiger partial charge on any atom is -0.361 e. The molecule has 1 saturated heterocycles. The molecule has 5 heteroatoms. The summed E-state index contributed by atoms with van der Waals surface area (Å²) in [6, 6.07) is 2.14. The minimum absolute atomic E-state index is 0.422. The molecule has 1 fully saturated rings. The Kier molecular flexibility index (Phi) is 7.26. The van der Waals surface area contributed by atoms with Crippen molar-refractivity contribution in [2.45, 2.75) is 60.3 Å². The second-order valence-electron chi connectivity index (χ2n) is 8.23. The van der Waals surface area contributed by atoms with Gasteiger partial charge in [0.25, 0.3) is 0 Å². The van der Waals surface area contributed by atoms with Crippen LogP contribution in [0.1, 0.15) is 77.1 Å². The normalized spacial score (nSPS) is 17.9. The predicted molar refractivity (Wildman–Crippen MR) is 132 cm³/mol. The molecule has 164 valence electrons. The lowest BCUT2D eigenvalue weighted by Gasteiger charge is -2.31. The third-order valence-electron chi connectivity index (χ3n) is 5.99. The minimum atomic E-state index is 0.422. The summed E-state index contributed by atoms with van der Waals surface area (Å²) in [5.41, 5.74) is 9.05. The summed E-state index contributed by atoms with van der Waals surface area (Å²) in [7, 11) is 0. The molecular weight excluding hydrogens is 382 g/mol. The fourth-order valence-corrected chi connectivity index (χ4v) is 4.07. The van der Waals surface area contributed by atoms with E-state index in [0.29, 0.717) is 18.9 Å². The first-order chi connectivity index (χ1) is 15.0. The fourth-order valence-electron chi connectivity index (χ4n) is 4.07. The van der Waals surface area contributed by atoms with Gasteiger partial charge in [0.05, 0.1) is 0 Å². The number of nitrogens with one attached hydrogen (secondary N) is 2. The lowest BCUT2D eigenvalue weighted by Crippen LogP contribution is -2.37. The summed E-state index contributed by atoms with van der Waals surface area (Å²) in [4.78, 5) is 14.8. The summed E-state index contributed by atoms with van der Waals surface area (Å²) < 4.78 is 0.